The second-order valence-electron chi connectivity index (χ2n) is 6.95. The normalized spacial score (nSPS) is 14.7. The summed E-state index contributed by atoms with van der Waals surface area (Å²) in [7, 11) is 1.61. The minimum Gasteiger partial charge on any atom is -0.466 e. The molecule has 2 unspecified atom stereocenters. The lowest BCUT2D eigenvalue weighted by atomic mass is 9.96. The average Bonchev–Trinajstić information content (AvgIpc) is 3.00. The van der Waals surface area contributed by atoms with Crippen LogP contribution >= 0.6 is 24.0 Å². The summed E-state index contributed by atoms with van der Waals surface area (Å²) in [5, 5.41) is 17.2. The van der Waals surface area contributed by atoms with Gasteiger partial charge in [0.15, 0.2) is 5.96 Å². The van der Waals surface area contributed by atoms with E-state index in [4.69, 9.17) is 9.15 Å². The van der Waals surface area contributed by atoms with Gasteiger partial charge in [-0.15, -0.1) is 24.0 Å². The van der Waals surface area contributed by atoms with Crippen molar-refractivity contribution in [1.82, 2.24) is 10.6 Å². The molecule has 0 aliphatic heterocycles. The molecule has 2 aromatic rings. The summed E-state index contributed by atoms with van der Waals surface area (Å²) < 4.78 is 24.2. The third kappa shape index (κ3) is 7.27. The highest BCUT2D eigenvalue weighted by Crippen LogP contribution is 2.27. The Morgan fingerprint density at radius 1 is 1.28 bits per heavy atom. The van der Waals surface area contributed by atoms with Crippen molar-refractivity contribution in [1.29, 1.82) is 0 Å². The fraction of sp³-hybridized carbons (Fsp3) is 0.476. The Hall–Kier alpha value is -1.65. The standard InChI is InChI=1S/C21H30FN3O3.HI/c1-6-23-20(24-12-19(27-5)16-7-9-17(22)10-8-16)25-13-21(4,26)18-11-14(2)28-15(18)3;/h7-11,19,26H,6,12-13H2,1-5H3,(H2,23,24,25);1H. The highest BCUT2D eigenvalue weighted by molar-refractivity contribution is 14.0. The molecule has 1 aromatic heterocycles. The topological polar surface area (TPSA) is 79.0 Å². The number of nitrogens with zero attached hydrogens (tertiary/aromatic N) is 1. The summed E-state index contributed by atoms with van der Waals surface area (Å²) in [6, 6.07) is 8.05. The van der Waals surface area contributed by atoms with Crippen LogP contribution in [-0.2, 0) is 10.3 Å². The van der Waals surface area contributed by atoms with Gasteiger partial charge in [-0.2, -0.15) is 0 Å². The van der Waals surface area contributed by atoms with E-state index in [1.54, 1.807) is 26.2 Å². The Morgan fingerprint density at radius 2 is 1.93 bits per heavy atom. The number of guanidine groups is 1. The van der Waals surface area contributed by atoms with Crippen molar-refractivity contribution in [3.63, 3.8) is 0 Å². The number of rotatable bonds is 8. The molecule has 0 radical (unpaired) electrons. The number of furan rings is 1. The molecule has 0 amide bonds. The molecule has 2 rings (SSSR count). The van der Waals surface area contributed by atoms with Crippen LogP contribution in [0, 0.1) is 19.7 Å². The SMILES string of the molecule is CCNC(=NCC(C)(O)c1cc(C)oc1C)NCC(OC)c1ccc(F)cc1.I. The first kappa shape index (κ1) is 25.4. The van der Waals surface area contributed by atoms with Crippen LogP contribution in [0.5, 0.6) is 0 Å². The number of hydrogen-bond acceptors (Lipinski definition) is 4. The molecule has 6 nitrogen and oxygen atoms in total. The van der Waals surface area contributed by atoms with Crippen LogP contribution in [0.15, 0.2) is 39.7 Å². The largest absolute Gasteiger partial charge is 0.466 e. The molecule has 8 heteroatoms. The average molecular weight is 519 g/mol. The Morgan fingerprint density at radius 3 is 2.45 bits per heavy atom. The van der Waals surface area contributed by atoms with Gasteiger partial charge >= 0.3 is 0 Å². The lowest BCUT2D eigenvalue weighted by Gasteiger charge is -2.22. The molecule has 0 fully saturated rings. The van der Waals surface area contributed by atoms with Gasteiger partial charge in [-0.3, -0.25) is 0 Å². The van der Waals surface area contributed by atoms with Gasteiger partial charge in [-0.05, 0) is 51.5 Å². The zero-order valence-electron chi connectivity index (χ0n) is 17.6. The molecule has 29 heavy (non-hydrogen) atoms. The summed E-state index contributed by atoms with van der Waals surface area (Å²) in [6.45, 7) is 8.64. The molecule has 1 aromatic carbocycles. The number of nitrogens with one attached hydrogen (secondary N) is 2. The molecular weight excluding hydrogens is 488 g/mol. The minimum atomic E-state index is -1.15. The summed E-state index contributed by atoms with van der Waals surface area (Å²) in [5.41, 5.74) is 0.441. The zero-order chi connectivity index (χ0) is 20.7. The van der Waals surface area contributed by atoms with E-state index >= 15 is 0 Å². The lowest BCUT2D eigenvalue weighted by Crippen LogP contribution is -2.41. The predicted octanol–water partition coefficient (Wildman–Crippen LogP) is 3.80. The van der Waals surface area contributed by atoms with E-state index in [1.165, 1.54) is 12.1 Å². The van der Waals surface area contributed by atoms with Crippen LogP contribution in [0.3, 0.4) is 0 Å². The van der Waals surface area contributed by atoms with Gasteiger partial charge in [-0.1, -0.05) is 12.1 Å². The maximum absolute atomic E-state index is 13.1. The van der Waals surface area contributed by atoms with E-state index in [-0.39, 0.29) is 42.4 Å². The highest BCUT2D eigenvalue weighted by Gasteiger charge is 2.27. The van der Waals surface area contributed by atoms with E-state index in [0.717, 1.165) is 16.9 Å². The molecule has 0 aliphatic carbocycles. The fourth-order valence-corrected chi connectivity index (χ4v) is 3.03. The Labute approximate surface area is 189 Å². The molecule has 3 N–H and O–H groups in total. The van der Waals surface area contributed by atoms with Crippen molar-refractivity contribution in [2.45, 2.75) is 39.4 Å². The summed E-state index contributed by atoms with van der Waals surface area (Å²) in [4.78, 5) is 4.51. The summed E-state index contributed by atoms with van der Waals surface area (Å²) >= 11 is 0. The van der Waals surface area contributed by atoms with Gasteiger partial charge in [0.05, 0.1) is 12.6 Å². The molecule has 0 spiro atoms. The molecule has 1 heterocycles. The van der Waals surface area contributed by atoms with Crippen molar-refractivity contribution >= 4 is 29.9 Å². The van der Waals surface area contributed by atoms with E-state index < -0.39 is 5.60 Å². The Balaban J connectivity index is 0.00000420. The number of benzene rings is 1. The quantitative estimate of drug-likeness (QED) is 0.281. The van der Waals surface area contributed by atoms with Crippen molar-refractivity contribution in [3.8, 4) is 0 Å². The van der Waals surface area contributed by atoms with Gasteiger partial charge < -0.3 is 24.9 Å². The molecule has 0 saturated carbocycles. The summed E-state index contributed by atoms with van der Waals surface area (Å²) in [5.74, 6) is 1.72. The lowest BCUT2D eigenvalue weighted by molar-refractivity contribution is 0.0656. The summed E-state index contributed by atoms with van der Waals surface area (Å²) in [6.07, 6.45) is -0.260. The highest BCUT2D eigenvalue weighted by atomic mass is 127. The van der Waals surface area contributed by atoms with Gasteiger partial charge in [0.25, 0.3) is 0 Å². The number of aryl methyl sites for hydroxylation is 2. The van der Waals surface area contributed by atoms with E-state index in [0.29, 0.717) is 24.8 Å². The number of hydrogen-bond donors (Lipinski definition) is 3. The van der Waals surface area contributed by atoms with Crippen LogP contribution in [0.4, 0.5) is 4.39 Å². The first-order valence-corrected chi connectivity index (χ1v) is 9.37. The maximum Gasteiger partial charge on any atom is 0.191 e. The molecule has 0 saturated heterocycles. The predicted molar refractivity (Wildman–Crippen MR) is 123 cm³/mol. The fourth-order valence-electron chi connectivity index (χ4n) is 3.03. The van der Waals surface area contributed by atoms with Crippen molar-refractivity contribution < 1.29 is 18.7 Å². The third-order valence-corrected chi connectivity index (χ3v) is 4.49. The van der Waals surface area contributed by atoms with Gasteiger partial charge in [0.2, 0.25) is 0 Å². The first-order valence-electron chi connectivity index (χ1n) is 9.37. The second kappa shape index (κ2) is 11.5. The Bertz CT molecular complexity index is 791. The minimum absolute atomic E-state index is 0. The van der Waals surface area contributed by atoms with Crippen LogP contribution in [0.2, 0.25) is 0 Å². The monoisotopic (exact) mass is 519 g/mol. The van der Waals surface area contributed by atoms with E-state index in [9.17, 15) is 9.50 Å². The number of ether oxygens (including phenoxy) is 1. The van der Waals surface area contributed by atoms with Crippen molar-refractivity contribution in [2.24, 2.45) is 4.99 Å². The van der Waals surface area contributed by atoms with Crippen LogP contribution in [0.25, 0.3) is 0 Å². The van der Waals surface area contributed by atoms with Gasteiger partial charge in [0.1, 0.15) is 22.9 Å². The number of methoxy groups -OCH3 is 1. The maximum atomic E-state index is 13.1. The van der Waals surface area contributed by atoms with Crippen LogP contribution in [0.1, 0.15) is 42.6 Å². The second-order valence-corrected chi connectivity index (χ2v) is 6.95. The molecule has 0 bridgehead atoms. The van der Waals surface area contributed by atoms with Crippen molar-refractivity contribution in [3.05, 3.63) is 58.8 Å². The van der Waals surface area contributed by atoms with E-state index in [2.05, 4.69) is 15.6 Å². The van der Waals surface area contributed by atoms with Crippen molar-refractivity contribution in [2.75, 3.05) is 26.7 Å². The van der Waals surface area contributed by atoms with Crippen LogP contribution < -0.4 is 10.6 Å². The van der Waals surface area contributed by atoms with Gasteiger partial charge in [0, 0.05) is 25.8 Å². The number of halogens is 2. The number of aliphatic imine (C=N–C) groups is 1. The third-order valence-electron chi connectivity index (χ3n) is 4.49. The van der Waals surface area contributed by atoms with E-state index in [1.807, 2.05) is 26.8 Å². The zero-order valence-corrected chi connectivity index (χ0v) is 19.9. The van der Waals surface area contributed by atoms with Crippen LogP contribution in [-0.4, -0.2) is 37.8 Å². The smallest absolute Gasteiger partial charge is 0.191 e. The molecule has 2 atom stereocenters. The molecule has 0 aliphatic rings. The molecule has 162 valence electrons. The number of aliphatic hydroxyl groups is 1. The first-order chi connectivity index (χ1) is 13.3. The van der Waals surface area contributed by atoms with Gasteiger partial charge in [-0.25, -0.2) is 9.38 Å². The molecular formula is C21H31FIN3O3. The Kier molecular flexibility index (Phi) is 10.1.